The summed E-state index contributed by atoms with van der Waals surface area (Å²) in [7, 11) is 0. The fraction of sp³-hybridized carbons (Fsp3) is 0.600. The first-order valence-electron chi connectivity index (χ1n) is 15.6. The number of benzene rings is 1. The number of ketones is 1. The molecule has 4 heterocycles. The number of allylic oxidation sites excluding steroid dienone is 1. The van der Waals surface area contributed by atoms with Crippen LogP contribution in [0, 0.1) is 5.92 Å². The van der Waals surface area contributed by atoms with Crippen molar-refractivity contribution in [3.63, 3.8) is 0 Å². The molecule has 0 saturated carbocycles. The van der Waals surface area contributed by atoms with Crippen LogP contribution in [0.15, 0.2) is 39.7 Å². The highest BCUT2D eigenvalue weighted by Crippen LogP contribution is 2.49. The molecule has 1 aliphatic carbocycles. The lowest BCUT2D eigenvalue weighted by molar-refractivity contribution is 0.0207. The summed E-state index contributed by atoms with van der Waals surface area (Å²) in [5, 5.41) is 13.6. The predicted molar refractivity (Wildman–Crippen MR) is 159 cm³/mol. The van der Waals surface area contributed by atoms with E-state index in [2.05, 4.69) is 21.0 Å². The van der Waals surface area contributed by atoms with Gasteiger partial charge in [-0.25, -0.2) is 19.4 Å². The first-order chi connectivity index (χ1) is 21.4. The maximum Gasteiger partial charge on any atom is 0.409 e. The summed E-state index contributed by atoms with van der Waals surface area (Å²) in [5.41, 5.74) is 5.74. The van der Waals surface area contributed by atoms with Crippen LogP contribution in [0.3, 0.4) is 0 Å². The number of rotatable bonds is 6. The van der Waals surface area contributed by atoms with E-state index in [0.29, 0.717) is 108 Å². The Hall–Kier alpha value is -4.04. The number of hydrogen-bond acceptors (Lipinski definition) is 9. The normalized spacial score (nSPS) is 22.2. The summed E-state index contributed by atoms with van der Waals surface area (Å²) in [6, 6.07) is 4.50. The van der Waals surface area contributed by atoms with Crippen molar-refractivity contribution in [2.45, 2.75) is 38.6 Å². The Kier molecular flexibility index (Phi) is 9.07. The van der Waals surface area contributed by atoms with E-state index >= 15 is 0 Å². The van der Waals surface area contributed by atoms with Gasteiger partial charge in [-0.1, -0.05) is 25.5 Å². The first-order valence-corrected chi connectivity index (χ1v) is 15.6. The fourth-order valence-electron chi connectivity index (χ4n) is 6.41. The molecule has 6 rings (SSSR count). The van der Waals surface area contributed by atoms with Crippen LogP contribution >= 0.6 is 0 Å². The monoisotopic (exact) mass is 608 g/mol. The molecule has 1 atom stereocenters. The number of ether oxygens (including phenoxy) is 2. The number of unbranched alkanes of at least 4 members (excludes halogenated alkanes) is 1. The first kappa shape index (κ1) is 30.0. The van der Waals surface area contributed by atoms with E-state index in [0.717, 1.165) is 18.4 Å². The summed E-state index contributed by atoms with van der Waals surface area (Å²) in [4.78, 5) is 57.3. The number of piperidine rings is 1. The van der Waals surface area contributed by atoms with E-state index < -0.39 is 12.1 Å². The van der Waals surface area contributed by atoms with E-state index in [4.69, 9.17) is 9.47 Å². The van der Waals surface area contributed by atoms with Gasteiger partial charge in [0.15, 0.2) is 5.78 Å². The number of urea groups is 2. The van der Waals surface area contributed by atoms with Crippen LogP contribution < -0.4 is 10.7 Å². The van der Waals surface area contributed by atoms with Crippen molar-refractivity contribution < 1.29 is 28.7 Å². The van der Waals surface area contributed by atoms with Crippen LogP contribution in [0.5, 0.6) is 0 Å². The van der Waals surface area contributed by atoms with Gasteiger partial charge in [-0.15, -0.1) is 0 Å². The Morgan fingerprint density at radius 1 is 0.977 bits per heavy atom. The highest BCUT2D eigenvalue weighted by atomic mass is 16.6. The molecule has 4 aliphatic heterocycles. The molecule has 0 aromatic heterocycles. The number of nitrogens with zero attached hydrogens (tertiary/aromatic N) is 6. The minimum Gasteiger partial charge on any atom is -0.449 e. The number of azo groups is 1. The standard InChI is InChI=1S/C30H40N8O6/c1-2-3-17-44-30(42)37-13-11-36(12-14-37)29(41)35-9-7-20(8-10-35)25-24-26(33-32-25)21-5-4-6-22(23(21)27(24)39)31-28(40)34-38-15-18-43-19-16-38/h4-6,20,26H,2-3,7-19H2,1H3,(H2,31,34,40). The maximum atomic E-state index is 13.8. The molecule has 2 N–H and O–H groups in total. The summed E-state index contributed by atoms with van der Waals surface area (Å²) < 4.78 is 10.6. The van der Waals surface area contributed by atoms with Crippen molar-refractivity contribution >= 4 is 29.6 Å². The highest BCUT2D eigenvalue weighted by molar-refractivity contribution is 6.19. The number of carbonyl (C=O) groups is 4. The van der Waals surface area contributed by atoms with Gasteiger partial charge in [-0.05, 0) is 30.9 Å². The number of likely N-dealkylation sites (tertiary alicyclic amines) is 1. The van der Waals surface area contributed by atoms with Gasteiger partial charge in [0.25, 0.3) is 0 Å². The Balaban J connectivity index is 1.04. The number of fused-ring (bicyclic) bond motifs is 3. The number of piperazine rings is 1. The SMILES string of the molecule is CCCCOC(=O)N1CCN(C(=O)N2CCC(C3=C4C(=O)c5c(NC(=O)NN6CCOCC6)cccc5C4N=N3)CC2)CC1. The lowest BCUT2D eigenvalue weighted by Crippen LogP contribution is -2.55. The van der Waals surface area contributed by atoms with Crippen LogP contribution in [-0.4, -0.2) is 116 Å². The summed E-state index contributed by atoms with van der Waals surface area (Å²) in [5.74, 6) is -0.145. The van der Waals surface area contributed by atoms with E-state index in [9.17, 15) is 19.2 Å². The molecule has 14 heteroatoms. The third-order valence-electron chi connectivity index (χ3n) is 8.90. The fourth-order valence-corrected chi connectivity index (χ4v) is 6.41. The molecular formula is C30H40N8O6. The number of anilines is 1. The molecular weight excluding hydrogens is 568 g/mol. The Morgan fingerprint density at radius 3 is 2.41 bits per heavy atom. The summed E-state index contributed by atoms with van der Waals surface area (Å²) in [6.07, 6.45) is 2.85. The molecule has 3 fully saturated rings. The highest BCUT2D eigenvalue weighted by Gasteiger charge is 2.44. The second-order valence-electron chi connectivity index (χ2n) is 11.7. The Morgan fingerprint density at radius 2 is 1.68 bits per heavy atom. The molecule has 44 heavy (non-hydrogen) atoms. The number of nitrogens with one attached hydrogen (secondary N) is 2. The summed E-state index contributed by atoms with van der Waals surface area (Å²) in [6.45, 7) is 7.71. The summed E-state index contributed by atoms with van der Waals surface area (Å²) >= 11 is 0. The van der Waals surface area contributed by atoms with E-state index in [-0.39, 0.29) is 23.8 Å². The van der Waals surface area contributed by atoms with Crippen molar-refractivity contribution in [2.75, 3.05) is 77.5 Å². The minimum atomic E-state index is -0.471. The van der Waals surface area contributed by atoms with Crippen molar-refractivity contribution in [3.8, 4) is 0 Å². The molecule has 3 saturated heterocycles. The van der Waals surface area contributed by atoms with Crippen LogP contribution in [0.4, 0.5) is 20.1 Å². The molecule has 0 bridgehead atoms. The van der Waals surface area contributed by atoms with Crippen LogP contribution in [0.1, 0.15) is 54.6 Å². The predicted octanol–water partition coefficient (Wildman–Crippen LogP) is 3.40. The lowest BCUT2D eigenvalue weighted by atomic mass is 9.89. The molecule has 1 aromatic rings. The second-order valence-corrected chi connectivity index (χ2v) is 11.7. The zero-order chi connectivity index (χ0) is 30.6. The molecule has 5 amide bonds. The molecule has 1 aromatic carbocycles. The third kappa shape index (κ3) is 6.13. The number of hydrazine groups is 1. The lowest BCUT2D eigenvalue weighted by Gasteiger charge is -2.39. The number of hydrogen-bond donors (Lipinski definition) is 2. The maximum absolute atomic E-state index is 13.8. The van der Waals surface area contributed by atoms with Gasteiger partial charge in [0.1, 0.15) is 6.04 Å². The topological polar surface area (TPSA) is 148 Å². The molecule has 14 nitrogen and oxygen atoms in total. The second kappa shape index (κ2) is 13.3. The van der Waals surface area contributed by atoms with E-state index in [1.165, 1.54) is 0 Å². The van der Waals surface area contributed by atoms with E-state index in [1.807, 2.05) is 24.0 Å². The number of carbonyl (C=O) groups excluding carboxylic acids is 4. The number of morpholine rings is 1. The largest absolute Gasteiger partial charge is 0.449 e. The zero-order valence-corrected chi connectivity index (χ0v) is 25.1. The quantitative estimate of drug-likeness (QED) is 0.470. The van der Waals surface area contributed by atoms with Gasteiger partial charge < -0.3 is 29.5 Å². The average Bonchev–Trinajstić information content (AvgIpc) is 3.61. The molecule has 0 radical (unpaired) electrons. The number of amides is 5. The van der Waals surface area contributed by atoms with Crippen molar-refractivity contribution in [1.82, 2.24) is 25.1 Å². The zero-order valence-electron chi connectivity index (χ0n) is 25.1. The van der Waals surface area contributed by atoms with Gasteiger partial charge in [-0.2, -0.15) is 10.2 Å². The average molecular weight is 609 g/mol. The molecule has 236 valence electrons. The molecule has 5 aliphatic rings. The molecule has 0 spiro atoms. The third-order valence-corrected chi connectivity index (χ3v) is 8.90. The number of Topliss-reactive ketones (excluding diaryl/α,β-unsaturated/α-hetero) is 1. The van der Waals surface area contributed by atoms with Crippen LogP contribution in [-0.2, 0) is 9.47 Å². The van der Waals surface area contributed by atoms with Crippen molar-refractivity contribution in [1.29, 1.82) is 0 Å². The van der Waals surface area contributed by atoms with Gasteiger partial charge >= 0.3 is 18.2 Å². The minimum absolute atomic E-state index is 0.0110. The Bertz CT molecular complexity index is 1340. The smallest absolute Gasteiger partial charge is 0.409 e. The van der Waals surface area contributed by atoms with Gasteiger partial charge in [0.2, 0.25) is 0 Å². The Labute approximate surface area is 256 Å². The van der Waals surface area contributed by atoms with Gasteiger partial charge in [0, 0.05) is 58.3 Å². The van der Waals surface area contributed by atoms with Gasteiger partial charge in [0.05, 0.1) is 42.3 Å². The molecule has 1 unspecified atom stereocenters. The van der Waals surface area contributed by atoms with Crippen molar-refractivity contribution in [2.24, 2.45) is 16.1 Å². The van der Waals surface area contributed by atoms with E-state index in [1.54, 1.807) is 20.9 Å². The van der Waals surface area contributed by atoms with Crippen molar-refractivity contribution in [3.05, 3.63) is 40.6 Å². The van der Waals surface area contributed by atoms with Gasteiger partial charge in [-0.3, -0.25) is 10.2 Å². The van der Waals surface area contributed by atoms with Crippen LogP contribution in [0.2, 0.25) is 0 Å². The van der Waals surface area contributed by atoms with Crippen LogP contribution in [0.25, 0.3) is 0 Å².